The second kappa shape index (κ2) is 6.44. The van der Waals surface area contributed by atoms with Gasteiger partial charge in [-0.3, -0.25) is 4.57 Å². The molecule has 7 nitrogen and oxygen atoms in total. The molecular weight excluding hydrogens is 326 g/mol. The van der Waals surface area contributed by atoms with E-state index in [0.29, 0.717) is 11.9 Å². The van der Waals surface area contributed by atoms with Crippen molar-refractivity contribution in [1.29, 1.82) is 0 Å². The summed E-state index contributed by atoms with van der Waals surface area (Å²) in [5.74, 6) is 1.89. The Balaban J connectivity index is 1.80. The summed E-state index contributed by atoms with van der Waals surface area (Å²) in [6.45, 7) is 4.09. The number of nitrogens with zero attached hydrogens (tertiary/aromatic N) is 5. The lowest BCUT2D eigenvalue weighted by Gasteiger charge is -2.10. The first-order chi connectivity index (χ1) is 12.6. The quantitative estimate of drug-likeness (QED) is 0.588. The number of anilines is 3. The monoisotopic (exact) mass is 345 g/mol. The summed E-state index contributed by atoms with van der Waals surface area (Å²) in [5, 5.41) is 3.18. The van der Waals surface area contributed by atoms with Gasteiger partial charge in [-0.1, -0.05) is 36.8 Å². The number of para-hydroxylation sites is 2. The van der Waals surface area contributed by atoms with E-state index < -0.39 is 0 Å². The standard InChI is InChI=1S/C19H19N7/c1-3-16-22-14-6-4-5-7-15(14)26(16)19-24-17(20)23-18(25-19)21-13-10-8-12(2)9-11-13/h4-11H,3H2,1-2H3,(H3,20,21,23,24,25). The van der Waals surface area contributed by atoms with Crippen molar-refractivity contribution in [2.45, 2.75) is 20.3 Å². The van der Waals surface area contributed by atoms with E-state index >= 15 is 0 Å². The third kappa shape index (κ3) is 2.95. The maximum Gasteiger partial charge on any atom is 0.242 e. The summed E-state index contributed by atoms with van der Waals surface area (Å²) in [7, 11) is 0. The highest BCUT2D eigenvalue weighted by molar-refractivity contribution is 5.77. The van der Waals surface area contributed by atoms with Crippen LogP contribution in [0.15, 0.2) is 48.5 Å². The van der Waals surface area contributed by atoms with E-state index in [1.165, 1.54) is 5.56 Å². The lowest BCUT2D eigenvalue weighted by molar-refractivity contribution is 0.845. The minimum atomic E-state index is 0.157. The predicted octanol–water partition coefficient (Wildman–Crippen LogP) is 3.41. The molecule has 0 bridgehead atoms. The van der Waals surface area contributed by atoms with Gasteiger partial charge < -0.3 is 11.1 Å². The summed E-state index contributed by atoms with van der Waals surface area (Å²) in [4.78, 5) is 17.8. The molecule has 0 aliphatic carbocycles. The Morgan fingerprint density at radius 2 is 1.73 bits per heavy atom. The second-order valence-electron chi connectivity index (χ2n) is 6.01. The van der Waals surface area contributed by atoms with Crippen LogP contribution in [0.5, 0.6) is 0 Å². The first-order valence-corrected chi connectivity index (χ1v) is 8.46. The largest absolute Gasteiger partial charge is 0.368 e. The van der Waals surface area contributed by atoms with Gasteiger partial charge in [0.05, 0.1) is 11.0 Å². The van der Waals surface area contributed by atoms with E-state index in [9.17, 15) is 0 Å². The number of imidazole rings is 1. The number of fused-ring (bicyclic) bond motifs is 1. The Kier molecular flexibility index (Phi) is 3.96. The van der Waals surface area contributed by atoms with Gasteiger partial charge in [0.15, 0.2) is 0 Å². The van der Waals surface area contributed by atoms with Gasteiger partial charge in [0, 0.05) is 12.1 Å². The van der Waals surface area contributed by atoms with Crippen molar-refractivity contribution < 1.29 is 0 Å². The highest BCUT2D eigenvalue weighted by atomic mass is 15.3. The van der Waals surface area contributed by atoms with Crippen molar-refractivity contribution in [3.8, 4) is 5.95 Å². The van der Waals surface area contributed by atoms with E-state index in [1.54, 1.807) is 0 Å². The molecule has 0 saturated heterocycles. The molecule has 4 rings (SSSR count). The van der Waals surface area contributed by atoms with Crippen molar-refractivity contribution in [2.24, 2.45) is 0 Å². The second-order valence-corrected chi connectivity index (χ2v) is 6.01. The number of aromatic nitrogens is 5. The van der Waals surface area contributed by atoms with Crippen molar-refractivity contribution in [3.05, 3.63) is 59.9 Å². The molecule has 0 aliphatic rings. The number of hydrogen-bond donors (Lipinski definition) is 2. The van der Waals surface area contributed by atoms with Crippen molar-refractivity contribution in [1.82, 2.24) is 24.5 Å². The van der Waals surface area contributed by atoms with E-state index in [2.05, 4.69) is 25.3 Å². The number of nitrogen functional groups attached to an aromatic ring is 1. The molecule has 0 saturated carbocycles. The summed E-state index contributed by atoms with van der Waals surface area (Å²) in [6.07, 6.45) is 0.751. The van der Waals surface area contributed by atoms with E-state index in [1.807, 2.05) is 66.9 Å². The molecule has 2 heterocycles. The van der Waals surface area contributed by atoms with Gasteiger partial charge in [-0.2, -0.15) is 15.0 Å². The Bertz CT molecular complexity index is 1070. The number of nitrogens with two attached hydrogens (primary N) is 1. The van der Waals surface area contributed by atoms with E-state index in [4.69, 9.17) is 5.73 Å². The number of aryl methyl sites for hydroxylation is 2. The molecule has 0 radical (unpaired) electrons. The van der Waals surface area contributed by atoms with Gasteiger partial charge in [0.25, 0.3) is 0 Å². The predicted molar refractivity (Wildman–Crippen MR) is 103 cm³/mol. The summed E-state index contributed by atoms with van der Waals surface area (Å²) >= 11 is 0. The topological polar surface area (TPSA) is 94.5 Å². The Labute approximate surface area is 151 Å². The average molecular weight is 345 g/mol. The average Bonchev–Trinajstić information content (AvgIpc) is 3.02. The zero-order valence-corrected chi connectivity index (χ0v) is 14.6. The van der Waals surface area contributed by atoms with Crippen molar-refractivity contribution in [3.63, 3.8) is 0 Å². The zero-order chi connectivity index (χ0) is 18.1. The molecule has 0 unspecified atom stereocenters. The van der Waals surface area contributed by atoms with Gasteiger partial charge in [-0.05, 0) is 31.2 Å². The highest BCUT2D eigenvalue weighted by Gasteiger charge is 2.15. The number of hydrogen-bond acceptors (Lipinski definition) is 6. The normalized spacial score (nSPS) is 11.0. The van der Waals surface area contributed by atoms with Crippen molar-refractivity contribution in [2.75, 3.05) is 11.1 Å². The first-order valence-electron chi connectivity index (χ1n) is 8.46. The van der Waals surface area contributed by atoms with Crippen LogP contribution in [-0.4, -0.2) is 24.5 Å². The SMILES string of the molecule is CCc1nc2ccccc2n1-c1nc(N)nc(Nc2ccc(C)cc2)n1. The first kappa shape index (κ1) is 16.0. The molecule has 0 fully saturated rings. The molecule has 130 valence electrons. The molecule has 4 aromatic rings. The number of benzene rings is 2. The highest BCUT2D eigenvalue weighted by Crippen LogP contribution is 2.22. The molecule has 2 aromatic heterocycles. The van der Waals surface area contributed by atoms with Crippen LogP contribution < -0.4 is 11.1 Å². The fourth-order valence-corrected chi connectivity index (χ4v) is 2.84. The molecule has 0 atom stereocenters. The Morgan fingerprint density at radius 1 is 0.962 bits per heavy atom. The minimum absolute atomic E-state index is 0.157. The summed E-state index contributed by atoms with van der Waals surface area (Å²) in [5.41, 5.74) is 9.85. The fraction of sp³-hybridized carbons (Fsp3) is 0.158. The summed E-state index contributed by atoms with van der Waals surface area (Å²) < 4.78 is 1.92. The molecule has 0 spiro atoms. The van der Waals surface area contributed by atoms with E-state index in [0.717, 1.165) is 29.0 Å². The van der Waals surface area contributed by atoms with Gasteiger partial charge in [0.2, 0.25) is 17.8 Å². The maximum absolute atomic E-state index is 5.94. The van der Waals surface area contributed by atoms with Crippen LogP contribution in [0.2, 0.25) is 0 Å². The molecule has 0 amide bonds. The fourth-order valence-electron chi connectivity index (χ4n) is 2.84. The third-order valence-corrected chi connectivity index (χ3v) is 4.10. The smallest absolute Gasteiger partial charge is 0.242 e. The molecule has 0 aliphatic heterocycles. The van der Waals surface area contributed by atoms with E-state index in [-0.39, 0.29) is 5.95 Å². The number of nitrogens with one attached hydrogen (secondary N) is 1. The van der Waals surface area contributed by atoms with Crippen LogP contribution in [0.25, 0.3) is 17.0 Å². The van der Waals surface area contributed by atoms with Crippen molar-refractivity contribution >= 4 is 28.6 Å². The van der Waals surface area contributed by atoms with Crippen LogP contribution in [0, 0.1) is 6.92 Å². The lowest BCUT2D eigenvalue weighted by Crippen LogP contribution is -2.11. The van der Waals surface area contributed by atoms with Gasteiger partial charge in [-0.25, -0.2) is 4.98 Å². The molecule has 7 heteroatoms. The maximum atomic E-state index is 5.94. The third-order valence-electron chi connectivity index (χ3n) is 4.10. The van der Waals surface area contributed by atoms with Gasteiger partial charge >= 0.3 is 0 Å². The molecule has 2 aromatic carbocycles. The Morgan fingerprint density at radius 3 is 2.50 bits per heavy atom. The van der Waals surface area contributed by atoms with Crippen LogP contribution >= 0.6 is 0 Å². The van der Waals surface area contributed by atoms with Crippen LogP contribution in [-0.2, 0) is 6.42 Å². The molecular formula is C19H19N7. The van der Waals surface area contributed by atoms with Crippen LogP contribution in [0.1, 0.15) is 18.3 Å². The lowest BCUT2D eigenvalue weighted by atomic mass is 10.2. The van der Waals surface area contributed by atoms with Gasteiger partial charge in [0.1, 0.15) is 5.82 Å². The Hall–Kier alpha value is -3.48. The van der Waals surface area contributed by atoms with Gasteiger partial charge in [-0.15, -0.1) is 0 Å². The zero-order valence-electron chi connectivity index (χ0n) is 14.6. The van der Waals surface area contributed by atoms with Crippen LogP contribution in [0.4, 0.5) is 17.6 Å². The number of rotatable bonds is 4. The molecule has 3 N–H and O–H groups in total. The minimum Gasteiger partial charge on any atom is -0.368 e. The van der Waals surface area contributed by atoms with Crippen LogP contribution in [0.3, 0.4) is 0 Å². The molecule has 26 heavy (non-hydrogen) atoms. The summed E-state index contributed by atoms with van der Waals surface area (Å²) in [6, 6.07) is 15.9.